The van der Waals surface area contributed by atoms with Crippen LogP contribution in [0.2, 0.25) is 0 Å². The highest BCUT2D eigenvalue weighted by Crippen LogP contribution is 2.73. The molecule has 3 fully saturated rings. The smallest absolute Gasteiger partial charge is 0.312 e. The predicted octanol–water partition coefficient (Wildman–Crippen LogP) is 1.43. The van der Waals surface area contributed by atoms with E-state index in [9.17, 15) is 30.0 Å². The van der Waals surface area contributed by atoms with Crippen LogP contribution in [-0.2, 0) is 9.59 Å². The van der Waals surface area contributed by atoms with E-state index in [0.29, 0.717) is 19.3 Å². The molecule has 0 aromatic rings. The summed E-state index contributed by atoms with van der Waals surface area (Å²) in [5, 5.41) is 41.9. The van der Waals surface area contributed by atoms with Crippen molar-refractivity contribution in [3.05, 3.63) is 24.3 Å². The molecule has 8 atom stereocenters. The Morgan fingerprint density at radius 1 is 1.28 bits per heavy atom. The van der Waals surface area contributed by atoms with Crippen LogP contribution in [-0.4, -0.2) is 44.1 Å². The molecule has 25 heavy (non-hydrogen) atoms. The first-order chi connectivity index (χ1) is 11.6. The molecule has 0 aliphatic heterocycles. The number of hydrogen-bond donors (Lipinski definition) is 4. The lowest BCUT2D eigenvalue weighted by atomic mass is 9.59. The van der Waals surface area contributed by atoms with Gasteiger partial charge in [-0.3, -0.25) is 9.59 Å². The minimum absolute atomic E-state index is 0.242. The topological polar surface area (TPSA) is 115 Å². The zero-order valence-electron chi connectivity index (χ0n) is 14.2. The molecule has 0 heterocycles. The van der Waals surface area contributed by atoms with E-state index in [0.717, 1.165) is 12.0 Å². The van der Waals surface area contributed by atoms with Crippen molar-refractivity contribution in [1.29, 1.82) is 0 Å². The second-order valence-corrected chi connectivity index (χ2v) is 8.67. The molecule has 6 nitrogen and oxygen atoms in total. The molecule has 4 N–H and O–H groups in total. The van der Waals surface area contributed by atoms with E-state index in [1.807, 2.05) is 0 Å². The number of aliphatic hydroxyl groups is 2. The van der Waals surface area contributed by atoms with E-state index < -0.39 is 46.3 Å². The van der Waals surface area contributed by atoms with E-state index >= 15 is 0 Å². The van der Waals surface area contributed by atoms with Crippen LogP contribution in [0.15, 0.2) is 24.3 Å². The third-order valence-electron chi connectivity index (χ3n) is 7.80. The number of carboxylic acids is 2. The molecule has 4 rings (SSSR count). The number of allylic oxidation sites excluding steroid dienone is 1. The van der Waals surface area contributed by atoms with Gasteiger partial charge in [0, 0.05) is 5.92 Å². The highest BCUT2D eigenvalue weighted by Gasteiger charge is 2.77. The Balaban J connectivity index is 1.98. The monoisotopic (exact) mass is 348 g/mol. The van der Waals surface area contributed by atoms with Crippen LogP contribution in [0.25, 0.3) is 0 Å². The minimum Gasteiger partial charge on any atom is -0.481 e. The summed E-state index contributed by atoms with van der Waals surface area (Å²) >= 11 is 0. The van der Waals surface area contributed by atoms with Gasteiger partial charge in [0.1, 0.15) is 5.41 Å². The highest BCUT2D eigenvalue weighted by atomic mass is 16.4. The standard InChI is InChI=1S/C19H24O6/c1-9-7-18-8-10(9)3-4-11(18)19(25)6-5-12(20)17(2,16(23)24)14(19)13(18)15(21)22/h5-6,10-14,20,25H,1,3-4,7-8H2,2H3,(H,21,22)(H,23,24)/t10-,11-,12+,13-,14-,17-,18+,19-/m1/s1. The first-order valence-corrected chi connectivity index (χ1v) is 8.82. The van der Waals surface area contributed by atoms with Crippen molar-refractivity contribution in [2.45, 2.75) is 44.3 Å². The summed E-state index contributed by atoms with van der Waals surface area (Å²) in [6.07, 6.45) is 4.10. The number of carboxylic acid groups (broad SMARTS) is 2. The summed E-state index contributed by atoms with van der Waals surface area (Å²) in [5.74, 6) is -4.55. The Labute approximate surface area is 145 Å². The van der Waals surface area contributed by atoms with E-state index in [4.69, 9.17) is 0 Å². The lowest BCUT2D eigenvalue weighted by Gasteiger charge is -2.47. The van der Waals surface area contributed by atoms with Crippen LogP contribution in [0.4, 0.5) is 0 Å². The SMILES string of the molecule is C=C1C[C@]23C[C@H]1CC[C@H]2[C@]1(O)C=C[C@H](O)[C@@](C)(C(=O)O)[C@H]1[C@@H]3C(=O)O. The average Bonchev–Trinajstić information content (AvgIpc) is 2.91. The molecule has 0 unspecified atom stereocenters. The molecule has 2 bridgehead atoms. The van der Waals surface area contributed by atoms with Gasteiger partial charge in [-0.2, -0.15) is 0 Å². The predicted molar refractivity (Wildman–Crippen MR) is 87.5 cm³/mol. The third kappa shape index (κ3) is 1.72. The summed E-state index contributed by atoms with van der Waals surface area (Å²) < 4.78 is 0. The van der Waals surface area contributed by atoms with Crippen LogP contribution < -0.4 is 0 Å². The maximum atomic E-state index is 12.3. The Hall–Kier alpha value is -1.66. The zero-order chi connectivity index (χ0) is 18.4. The van der Waals surface area contributed by atoms with Gasteiger partial charge in [0.2, 0.25) is 0 Å². The molecular formula is C19H24O6. The second kappa shape index (κ2) is 4.74. The molecule has 0 saturated heterocycles. The van der Waals surface area contributed by atoms with Crippen LogP contribution >= 0.6 is 0 Å². The van der Waals surface area contributed by atoms with Crippen molar-refractivity contribution in [3.8, 4) is 0 Å². The Morgan fingerprint density at radius 2 is 1.96 bits per heavy atom. The molecule has 1 spiro atoms. The first kappa shape index (κ1) is 16.8. The highest BCUT2D eigenvalue weighted by molar-refractivity contribution is 5.81. The fourth-order valence-corrected chi connectivity index (χ4v) is 6.75. The third-order valence-corrected chi connectivity index (χ3v) is 7.80. The maximum Gasteiger partial charge on any atom is 0.312 e. The van der Waals surface area contributed by atoms with Gasteiger partial charge in [0.25, 0.3) is 0 Å². The lowest BCUT2D eigenvalue weighted by Crippen LogP contribution is -2.58. The molecule has 0 aromatic carbocycles. The molecule has 136 valence electrons. The first-order valence-electron chi connectivity index (χ1n) is 8.82. The fraction of sp³-hybridized carbons (Fsp3) is 0.684. The number of fused-ring (bicyclic) bond motifs is 3. The molecule has 4 aliphatic rings. The minimum atomic E-state index is -1.75. The van der Waals surface area contributed by atoms with Gasteiger partial charge < -0.3 is 20.4 Å². The van der Waals surface area contributed by atoms with E-state index in [1.54, 1.807) is 0 Å². The van der Waals surface area contributed by atoms with Gasteiger partial charge in [-0.05, 0) is 49.9 Å². The van der Waals surface area contributed by atoms with Crippen molar-refractivity contribution >= 4 is 11.9 Å². The number of rotatable bonds is 2. The van der Waals surface area contributed by atoms with Crippen LogP contribution in [0.5, 0.6) is 0 Å². The van der Waals surface area contributed by atoms with E-state index in [-0.39, 0.29) is 11.8 Å². The molecule has 4 aliphatic carbocycles. The van der Waals surface area contributed by atoms with Gasteiger partial charge >= 0.3 is 11.9 Å². The quantitative estimate of drug-likeness (QED) is 0.561. The van der Waals surface area contributed by atoms with Crippen LogP contribution in [0.1, 0.15) is 32.6 Å². The van der Waals surface area contributed by atoms with Gasteiger partial charge in [-0.15, -0.1) is 0 Å². The van der Waals surface area contributed by atoms with Crippen molar-refractivity contribution < 1.29 is 30.0 Å². The second-order valence-electron chi connectivity index (χ2n) is 8.67. The number of hydrogen-bond acceptors (Lipinski definition) is 4. The van der Waals surface area contributed by atoms with Crippen LogP contribution in [0.3, 0.4) is 0 Å². The molecule has 0 radical (unpaired) electrons. The van der Waals surface area contributed by atoms with Gasteiger partial charge in [0.05, 0.1) is 17.6 Å². The normalized spacial score (nSPS) is 53.4. The zero-order valence-corrected chi connectivity index (χ0v) is 14.2. The van der Waals surface area contributed by atoms with Crippen molar-refractivity contribution in [3.63, 3.8) is 0 Å². The maximum absolute atomic E-state index is 12.3. The molecule has 0 aromatic heterocycles. The number of aliphatic carboxylic acids is 2. The summed E-state index contributed by atoms with van der Waals surface area (Å²) in [6, 6.07) is 0. The summed E-state index contributed by atoms with van der Waals surface area (Å²) in [7, 11) is 0. The van der Waals surface area contributed by atoms with Crippen molar-refractivity contribution in [2.75, 3.05) is 0 Å². The Kier molecular flexibility index (Phi) is 3.18. The lowest BCUT2D eigenvalue weighted by molar-refractivity contribution is -0.176. The molecule has 6 heteroatoms. The largest absolute Gasteiger partial charge is 0.481 e. The van der Waals surface area contributed by atoms with E-state index in [2.05, 4.69) is 6.58 Å². The van der Waals surface area contributed by atoms with Crippen molar-refractivity contribution in [1.82, 2.24) is 0 Å². The Morgan fingerprint density at radius 3 is 2.56 bits per heavy atom. The molecular weight excluding hydrogens is 324 g/mol. The summed E-state index contributed by atoms with van der Waals surface area (Å²) in [5.41, 5.74) is -2.96. The Bertz CT molecular complexity index is 713. The van der Waals surface area contributed by atoms with Gasteiger partial charge in [0.15, 0.2) is 0 Å². The number of carbonyl (C=O) groups is 2. The van der Waals surface area contributed by atoms with Gasteiger partial charge in [-0.25, -0.2) is 0 Å². The molecule has 3 saturated carbocycles. The van der Waals surface area contributed by atoms with Crippen molar-refractivity contribution in [2.24, 2.45) is 34.5 Å². The fourth-order valence-electron chi connectivity index (χ4n) is 6.75. The summed E-state index contributed by atoms with van der Waals surface area (Å²) in [6.45, 7) is 5.48. The molecule has 0 amide bonds. The van der Waals surface area contributed by atoms with Crippen LogP contribution in [0, 0.1) is 34.5 Å². The number of aliphatic hydroxyl groups excluding tert-OH is 1. The summed E-state index contributed by atoms with van der Waals surface area (Å²) in [4.78, 5) is 24.4. The average molecular weight is 348 g/mol. The van der Waals surface area contributed by atoms with Gasteiger partial charge in [-0.1, -0.05) is 24.3 Å². The van der Waals surface area contributed by atoms with E-state index in [1.165, 1.54) is 19.1 Å².